The molecule has 0 radical (unpaired) electrons. The summed E-state index contributed by atoms with van der Waals surface area (Å²) < 4.78 is 16.3. The summed E-state index contributed by atoms with van der Waals surface area (Å²) in [5.41, 5.74) is 2.99. The number of ketones is 1. The van der Waals surface area contributed by atoms with E-state index in [9.17, 15) is 9.59 Å². The fourth-order valence-corrected chi connectivity index (χ4v) is 2.68. The van der Waals surface area contributed by atoms with Gasteiger partial charge in [-0.3, -0.25) is 4.79 Å². The van der Waals surface area contributed by atoms with Crippen LogP contribution in [0.5, 0.6) is 11.5 Å². The van der Waals surface area contributed by atoms with Crippen molar-refractivity contribution in [3.63, 3.8) is 0 Å². The zero-order valence-corrected chi connectivity index (χ0v) is 16.4. The van der Waals surface area contributed by atoms with E-state index in [-0.39, 0.29) is 18.0 Å². The molecule has 3 aromatic rings. The minimum absolute atomic E-state index is 0.260. The maximum atomic E-state index is 12.3. The summed E-state index contributed by atoms with van der Waals surface area (Å²) in [6.45, 7) is 2.09. The number of esters is 1. The van der Waals surface area contributed by atoms with Gasteiger partial charge < -0.3 is 14.2 Å². The molecule has 0 spiro atoms. The molecule has 0 atom stereocenters. The van der Waals surface area contributed by atoms with E-state index in [4.69, 9.17) is 14.2 Å². The topological polar surface area (TPSA) is 61.8 Å². The van der Waals surface area contributed by atoms with Gasteiger partial charge in [0.05, 0.1) is 12.7 Å². The lowest BCUT2D eigenvalue weighted by Crippen LogP contribution is -2.14. The maximum absolute atomic E-state index is 12.3. The highest BCUT2D eigenvalue weighted by Crippen LogP contribution is 2.29. The first-order valence-electron chi connectivity index (χ1n) is 9.18. The monoisotopic (exact) mass is 390 g/mol. The van der Waals surface area contributed by atoms with Crippen LogP contribution >= 0.6 is 0 Å². The van der Waals surface area contributed by atoms with E-state index in [2.05, 4.69) is 0 Å². The minimum Gasteiger partial charge on any atom is -0.493 e. The van der Waals surface area contributed by atoms with E-state index < -0.39 is 5.97 Å². The summed E-state index contributed by atoms with van der Waals surface area (Å²) in [7, 11) is 1.50. The predicted molar refractivity (Wildman–Crippen MR) is 110 cm³/mol. The van der Waals surface area contributed by atoms with Crippen molar-refractivity contribution in [2.24, 2.45) is 0 Å². The third-order valence-corrected chi connectivity index (χ3v) is 4.34. The molecule has 0 N–H and O–H groups in total. The standard InChI is InChI=1S/C24H22O5/c1-17-8-10-18(11-9-17)15-28-22-13-12-20(14-23(22)27-2)24(26)29-16-21(25)19-6-4-3-5-7-19/h3-14H,15-16H2,1-2H3. The Kier molecular flexibility index (Phi) is 6.63. The quantitative estimate of drug-likeness (QED) is 0.415. The number of aryl methyl sites for hydroxylation is 1. The molecule has 0 aliphatic rings. The Hall–Kier alpha value is -3.60. The molecule has 0 bridgehead atoms. The molecule has 3 aromatic carbocycles. The Bertz CT molecular complexity index is 978. The number of methoxy groups -OCH3 is 1. The van der Waals surface area contributed by atoms with Gasteiger partial charge in [-0.2, -0.15) is 0 Å². The number of ether oxygens (including phenoxy) is 3. The molecule has 0 saturated carbocycles. The van der Waals surface area contributed by atoms with Crippen LogP contribution in [0.4, 0.5) is 0 Å². The molecule has 0 heterocycles. The van der Waals surface area contributed by atoms with Gasteiger partial charge in [0.25, 0.3) is 0 Å². The molecule has 0 amide bonds. The zero-order valence-electron chi connectivity index (χ0n) is 16.4. The van der Waals surface area contributed by atoms with Gasteiger partial charge in [-0.15, -0.1) is 0 Å². The van der Waals surface area contributed by atoms with Crippen LogP contribution in [0.15, 0.2) is 72.8 Å². The first-order chi connectivity index (χ1) is 14.1. The smallest absolute Gasteiger partial charge is 0.338 e. The van der Waals surface area contributed by atoms with Crippen LogP contribution in [-0.4, -0.2) is 25.5 Å². The molecule has 0 aliphatic heterocycles. The highest BCUT2D eigenvalue weighted by molar-refractivity contribution is 5.99. The van der Waals surface area contributed by atoms with Crippen LogP contribution in [0.2, 0.25) is 0 Å². The van der Waals surface area contributed by atoms with Crippen molar-refractivity contribution in [1.82, 2.24) is 0 Å². The maximum Gasteiger partial charge on any atom is 0.338 e. The van der Waals surface area contributed by atoms with Crippen LogP contribution in [0.25, 0.3) is 0 Å². The number of carbonyl (C=O) groups is 2. The molecule has 29 heavy (non-hydrogen) atoms. The third kappa shape index (κ3) is 5.45. The zero-order chi connectivity index (χ0) is 20.6. The number of Topliss-reactive ketones (excluding diaryl/α,β-unsaturated/α-hetero) is 1. The number of rotatable bonds is 8. The van der Waals surface area contributed by atoms with Crippen LogP contribution in [0.3, 0.4) is 0 Å². The number of benzene rings is 3. The Balaban J connectivity index is 1.62. The lowest BCUT2D eigenvalue weighted by molar-refractivity contribution is 0.0474. The SMILES string of the molecule is COc1cc(C(=O)OCC(=O)c2ccccc2)ccc1OCc1ccc(C)cc1. The van der Waals surface area contributed by atoms with Gasteiger partial charge in [-0.1, -0.05) is 60.2 Å². The predicted octanol–water partition coefficient (Wildman–Crippen LogP) is 4.62. The molecule has 5 nitrogen and oxygen atoms in total. The third-order valence-electron chi connectivity index (χ3n) is 4.34. The molecule has 148 valence electrons. The second-order valence-corrected chi connectivity index (χ2v) is 6.51. The van der Waals surface area contributed by atoms with Crippen molar-refractivity contribution in [1.29, 1.82) is 0 Å². The lowest BCUT2D eigenvalue weighted by Gasteiger charge is -2.12. The van der Waals surface area contributed by atoms with E-state index in [0.29, 0.717) is 23.7 Å². The fourth-order valence-electron chi connectivity index (χ4n) is 2.68. The number of hydrogen-bond donors (Lipinski definition) is 0. The summed E-state index contributed by atoms with van der Waals surface area (Å²) >= 11 is 0. The molecule has 3 rings (SSSR count). The van der Waals surface area contributed by atoms with Crippen LogP contribution in [0.1, 0.15) is 31.8 Å². The van der Waals surface area contributed by atoms with E-state index in [1.807, 2.05) is 37.3 Å². The van der Waals surface area contributed by atoms with Crippen LogP contribution in [0, 0.1) is 6.92 Å². The average Bonchev–Trinajstić information content (AvgIpc) is 2.77. The second-order valence-electron chi connectivity index (χ2n) is 6.51. The van der Waals surface area contributed by atoms with Gasteiger partial charge in [0.15, 0.2) is 23.9 Å². The Morgan fingerprint density at radius 1 is 0.828 bits per heavy atom. The normalized spacial score (nSPS) is 10.3. The molecular formula is C24H22O5. The van der Waals surface area contributed by atoms with Gasteiger partial charge >= 0.3 is 5.97 Å². The number of hydrogen-bond acceptors (Lipinski definition) is 5. The summed E-state index contributed by atoms with van der Waals surface area (Å²) in [6, 6.07) is 21.5. The Labute approximate surface area is 169 Å². The summed E-state index contributed by atoms with van der Waals surface area (Å²) in [4.78, 5) is 24.4. The molecule has 0 saturated heterocycles. The summed E-state index contributed by atoms with van der Waals surface area (Å²) in [5.74, 6) is 0.0765. The first kappa shape index (κ1) is 20.1. The van der Waals surface area contributed by atoms with Crippen LogP contribution < -0.4 is 9.47 Å². The second kappa shape index (κ2) is 9.55. The Morgan fingerprint density at radius 3 is 2.24 bits per heavy atom. The first-order valence-corrected chi connectivity index (χ1v) is 9.18. The number of carbonyl (C=O) groups excluding carboxylic acids is 2. The minimum atomic E-state index is -0.599. The van der Waals surface area contributed by atoms with Crippen molar-refractivity contribution in [2.45, 2.75) is 13.5 Å². The average molecular weight is 390 g/mol. The lowest BCUT2D eigenvalue weighted by atomic mass is 10.1. The highest BCUT2D eigenvalue weighted by Gasteiger charge is 2.15. The van der Waals surface area contributed by atoms with Crippen LogP contribution in [-0.2, 0) is 11.3 Å². The van der Waals surface area contributed by atoms with Gasteiger partial charge in [0.1, 0.15) is 6.61 Å². The van der Waals surface area contributed by atoms with Crippen molar-refractivity contribution in [3.05, 3.63) is 95.1 Å². The van der Waals surface area contributed by atoms with E-state index >= 15 is 0 Å². The molecular weight excluding hydrogens is 368 g/mol. The van der Waals surface area contributed by atoms with Gasteiger partial charge in [-0.25, -0.2) is 4.79 Å². The molecule has 0 unspecified atom stereocenters. The molecule has 5 heteroatoms. The van der Waals surface area contributed by atoms with E-state index in [1.54, 1.807) is 42.5 Å². The van der Waals surface area contributed by atoms with Crippen molar-refractivity contribution >= 4 is 11.8 Å². The molecule has 0 aromatic heterocycles. The molecule has 0 aliphatic carbocycles. The van der Waals surface area contributed by atoms with Gasteiger partial charge in [-0.05, 0) is 30.7 Å². The van der Waals surface area contributed by atoms with E-state index in [0.717, 1.165) is 5.56 Å². The van der Waals surface area contributed by atoms with Crippen molar-refractivity contribution in [3.8, 4) is 11.5 Å². The molecule has 0 fully saturated rings. The highest BCUT2D eigenvalue weighted by atomic mass is 16.5. The fraction of sp³-hybridized carbons (Fsp3) is 0.167. The largest absolute Gasteiger partial charge is 0.493 e. The van der Waals surface area contributed by atoms with E-state index in [1.165, 1.54) is 12.7 Å². The van der Waals surface area contributed by atoms with Crippen molar-refractivity contribution in [2.75, 3.05) is 13.7 Å². The summed E-state index contributed by atoms with van der Waals surface area (Å²) in [5, 5.41) is 0. The van der Waals surface area contributed by atoms with Crippen molar-refractivity contribution < 1.29 is 23.8 Å². The Morgan fingerprint density at radius 2 is 1.55 bits per heavy atom. The summed E-state index contributed by atoms with van der Waals surface area (Å²) in [6.07, 6.45) is 0. The van der Waals surface area contributed by atoms with Gasteiger partial charge in [0.2, 0.25) is 0 Å². The van der Waals surface area contributed by atoms with Gasteiger partial charge in [0, 0.05) is 5.56 Å².